The van der Waals surface area contributed by atoms with E-state index < -0.39 is 0 Å². The molecule has 1 saturated heterocycles. The first kappa shape index (κ1) is 13.1. The second kappa shape index (κ2) is 6.53. The number of hydrogen-bond donors (Lipinski definition) is 1. The van der Waals surface area contributed by atoms with Gasteiger partial charge in [0.05, 0.1) is 12.5 Å². The van der Waals surface area contributed by atoms with Crippen molar-refractivity contribution in [3.8, 4) is 6.07 Å². The third-order valence-electron chi connectivity index (χ3n) is 3.58. The molecule has 1 N–H and O–H groups in total. The quantitative estimate of drug-likeness (QED) is 0.833. The second-order valence-corrected chi connectivity index (χ2v) is 4.84. The van der Waals surface area contributed by atoms with Crippen LogP contribution in [0.1, 0.15) is 31.4 Å². The molecule has 3 nitrogen and oxygen atoms in total. The van der Waals surface area contributed by atoms with E-state index in [1.165, 1.54) is 5.56 Å². The van der Waals surface area contributed by atoms with Crippen LogP contribution in [-0.2, 0) is 0 Å². The maximum Gasteiger partial charge on any atom is 0.0641 e. The molecule has 1 aromatic carbocycles. The topological polar surface area (TPSA) is 39.1 Å². The molecular formula is C15H21N3. The molecule has 1 aliphatic rings. The molecule has 0 amide bonds. The summed E-state index contributed by atoms with van der Waals surface area (Å²) < 4.78 is 0. The molecule has 0 aliphatic carbocycles. The number of rotatable bonds is 6. The fourth-order valence-corrected chi connectivity index (χ4v) is 2.55. The summed E-state index contributed by atoms with van der Waals surface area (Å²) in [5, 5.41) is 12.4. The molecule has 1 atom stereocenters. The number of nitrogens with zero attached hydrogens (tertiary/aromatic N) is 2. The lowest BCUT2D eigenvalue weighted by Crippen LogP contribution is -2.58. The van der Waals surface area contributed by atoms with Crippen LogP contribution in [0.5, 0.6) is 0 Å². The lowest BCUT2D eigenvalue weighted by atomic mass is 9.98. The van der Waals surface area contributed by atoms with Gasteiger partial charge in [0.2, 0.25) is 0 Å². The average Bonchev–Trinajstić information content (AvgIpc) is 2.34. The Bertz CT molecular complexity index is 392. The third kappa shape index (κ3) is 2.90. The Balaban J connectivity index is 2.18. The first-order chi connectivity index (χ1) is 8.86. The van der Waals surface area contributed by atoms with Crippen LogP contribution < -0.4 is 5.32 Å². The summed E-state index contributed by atoms with van der Waals surface area (Å²) >= 11 is 0. The van der Waals surface area contributed by atoms with Gasteiger partial charge in [-0.3, -0.25) is 4.90 Å². The summed E-state index contributed by atoms with van der Waals surface area (Å²) in [7, 11) is 0. The lowest BCUT2D eigenvalue weighted by Gasteiger charge is -2.42. The minimum absolute atomic E-state index is 0.239. The van der Waals surface area contributed by atoms with E-state index in [0.29, 0.717) is 12.5 Å². The Hall–Kier alpha value is -1.37. The standard InChI is InChI=1S/C15H21N3/c1-2-10-18(14-11-17-12-14)15(8-9-16)13-6-4-3-5-7-13/h3-7,14-15,17H,2,8,10-12H2,1H3. The van der Waals surface area contributed by atoms with Gasteiger partial charge < -0.3 is 5.32 Å². The molecule has 0 bridgehead atoms. The molecule has 0 saturated carbocycles. The summed E-state index contributed by atoms with van der Waals surface area (Å²) in [6, 6.07) is 13.6. The highest BCUT2D eigenvalue weighted by atomic mass is 15.3. The highest BCUT2D eigenvalue weighted by molar-refractivity contribution is 5.20. The van der Waals surface area contributed by atoms with Gasteiger partial charge in [0.25, 0.3) is 0 Å². The minimum atomic E-state index is 0.239. The van der Waals surface area contributed by atoms with Gasteiger partial charge in [-0.25, -0.2) is 0 Å². The van der Waals surface area contributed by atoms with Gasteiger partial charge in [-0.1, -0.05) is 37.3 Å². The van der Waals surface area contributed by atoms with E-state index in [0.717, 1.165) is 26.1 Å². The van der Waals surface area contributed by atoms with Gasteiger partial charge in [-0.2, -0.15) is 5.26 Å². The van der Waals surface area contributed by atoms with Crippen LogP contribution in [0.15, 0.2) is 30.3 Å². The van der Waals surface area contributed by atoms with E-state index in [2.05, 4.69) is 47.5 Å². The summed E-state index contributed by atoms with van der Waals surface area (Å²) in [6.07, 6.45) is 1.70. The van der Waals surface area contributed by atoms with Gasteiger partial charge in [0.1, 0.15) is 0 Å². The number of hydrogen-bond acceptors (Lipinski definition) is 3. The van der Waals surface area contributed by atoms with E-state index >= 15 is 0 Å². The molecule has 1 heterocycles. The zero-order valence-electron chi connectivity index (χ0n) is 11.0. The van der Waals surface area contributed by atoms with Crippen molar-refractivity contribution in [3.05, 3.63) is 35.9 Å². The fraction of sp³-hybridized carbons (Fsp3) is 0.533. The smallest absolute Gasteiger partial charge is 0.0641 e. The predicted octanol–water partition coefficient (Wildman–Crippen LogP) is 2.33. The van der Waals surface area contributed by atoms with Gasteiger partial charge in [-0.15, -0.1) is 0 Å². The van der Waals surface area contributed by atoms with E-state index in [1.54, 1.807) is 0 Å². The molecule has 1 fully saturated rings. The zero-order chi connectivity index (χ0) is 12.8. The largest absolute Gasteiger partial charge is 0.314 e. The summed E-state index contributed by atoms with van der Waals surface area (Å²) in [4.78, 5) is 2.50. The molecule has 0 radical (unpaired) electrons. The van der Waals surface area contributed by atoms with Crippen LogP contribution in [0.4, 0.5) is 0 Å². The summed E-state index contributed by atoms with van der Waals surface area (Å²) in [5.74, 6) is 0. The fourth-order valence-electron chi connectivity index (χ4n) is 2.55. The summed E-state index contributed by atoms with van der Waals surface area (Å²) in [6.45, 7) is 5.37. The molecule has 0 spiro atoms. The normalized spacial score (nSPS) is 17.2. The average molecular weight is 243 g/mol. The lowest BCUT2D eigenvalue weighted by molar-refractivity contribution is 0.0958. The molecule has 1 unspecified atom stereocenters. The monoisotopic (exact) mass is 243 g/mol. The summed E-state index contributed by atoms with van der Waals surface area (Å²) in [5.41, 5.74) is 1.26. The third-order valence-corrected chi connectivity index (χ3v) is 3.58. The highest BCUT2D eigenvalue weighted by Crippen LogP contribution is 2.27. The molecule has 1 aromatic rings. The van der Waals surface area contributed by atoms with Crippen molar-refractivity contribution in [1.82, 2.24) is 10.2 Å². The van der Waals surface area contributed by atoms with Gasteiger partial charge >= 0.3 is 0 Å². The molecule has 18 heavy (non-hydrogen) atoms. The van der Waals surface area contributed by atoms with Gasteiger partial charge in [-0.05, 0) is 18.5 Å². The van der Waals surface area contributed by atoms with Crippen LogP contribution in [0.2, 0.25) is 0 Å². The molecular weight excluding hydrogens is 222 g/mol. The van der Waals surface area contributed by atoms with Crippen LogP contribution >= 0.6 is 0 Å². The second-order valence-electron chi connectivity index (χ2n) is 4.84. The van der Waals surface area contributed by atoms with Crippen molar-refractivity contribution in [2.24, 2.45) is 0 Å². The van der Waals surface area contributed by atoms with Crippen LogP contribution in [0.25, 0.3) is 0 Å². The van der Waals surface area contributed by atoms with E-state index in [1.807, 2.05) is 6.07 Å². The van der Waals surface area contributed by atoms with Crippen molar-refractivity contribution in [3.63, 3.8) is 0 Å². The Morgan fingerprint density at radius 3 is 2.61 bits per heavy atom. The van der Waals surface area contributed by atoms with Gasteiger partial charge in [0.15, 0.2) is 0 Å². The van der Waals surface area contributed by atoms with E-state index in [9.17, 15) is 0 Å². The Kier molecular flexibility index (Phi) is 4.74. The number of nitriles is 1. The minimum Gasteiger partial charge on any atom is -0.314 e. The maximum absolute atomic E-state index is 9.10. The predicted molar refractivity (Wildman–Crippen MR) is 73.1 cm³/mol. The molecule has 96 valence electrons. The molecule has 1 aliphatic heterocycles. The van der Waals surface area contributed by atoms with E-state index in [-0.39, 0.29) is 6.04 Å². The van der Waals surface area contributed by atoms with Crippen molar-refractivity contribution >= 4 is 0 Å². The molecule has 0 aromatic heterocycles. The first-order valence-corrected chi connectivity index (χ1v) is 6.75. The van der Waals surface area contributed by atoms with E-state index in [4.69, 9.17) is 5.26 Å². The van der Waals surface area contributed by atoms with Crippen molar-refractivity contribution < 1.29 is 0 Å². The SMILES string of the molecule is CCCN(C1CNC1)C(CC#N)c1ccccc1. The number of benzene rings is 1. The van der Waals surface area contributed by atoms with Crippen LogP contribution in [-0.4, -0.2) is 30.6 Å². The molecule has 3 heteroatoms. The Morgan fingerprint density at radius 2 is 2.11 bits per heavy atom. The first-order valence-electron chi connectivity index (χ1n) is 6.75. The van der Waals surface area contributed by atoms with Crippen LogP contribution in [0, 0.1) is 11.3 Å². The van der Waals surface area contributed by atoms with Crippen molar-refractivity contribution in [2.75, 3.05) is 19.6 Å². The van der Waals surface area contributed by atoms with Gasteiger partial charge in [0, 0.05) is 25.2 Å². The Labute approximate surface area is 109 Å². The maximum atomic E-state index is 9.10. The van der Waals surface area contributed by atoms with Crippen molar-refractivity contribution in [1.29, 1.82) is 5.26 Å². The molecule has 2 rings (SSSR count). The van der Waals surface area contributed by atoms with Crippen LogP contribution in [0.3, 0.4) is 0 Å². The number of nitrogens with one attached hydrogen (secondary N) is 1. The zero-order valence-corrected chi connectivity index (χ0v) is 11.0. The van der Waals surface area contributed by atoms with Crippen molar-refractivity contribution in [2.45, 2.75) is 31.8 Å². The Morgan fingerprint density at radius 1 is 1.39 bits per heavy atom. The highest BCUT2D eigenvalue weighted by Gasteiger charge is 2.30.